The molecule has 1 unspecified atom stereocenters. The van der Waals surface area contributed by atoms with Gasteiger partial charge in [-0.2, -0.15) is 0 Å². The molecule has 0 heterocycles. The number of rotatable bonds is 6. The predicted molar refractivity (Wildman–Crippen MR) is 57.0 cm³/mol. The van der Waals surface area contributed by atoms with Crippen LogP contribution in [0.5, 0.6) is 0 Å². The highest BCUT2D eigenvalue weighted by atomic mass is 16.5. The number of nitrogens with two attached hydrogens (primary N) is 1. The first-order valence-electron chi connectivity index (χ1n) is 5.12. The van der Waals surface area contributed by atoms with Crippen molar-refractivity contribution < 1.29 is 9.53 Å². The van der Waals surface area contributed by atoms with Gasteiger partial charge in [-0.3, -0.25) is 9.69 Å². The minimum absolute atomic E-state index is 0.248. The SMILES string of the molecule is CCC(CC)N(C)C(CN)C(=O)OC. The molecule has 0 aliphatic carbocycles. The topological polar surface area (TPSA) is 55.6 Å². The van der Waals surface area contributed by atoms with E-state index in [1.54, 1.807) is 0 Å². The van der Waals surface area contributed by atoms with Crippen LogP contribution in [0.4, 0.5) is 0 Å². The van der Waals surface area contributed by atoms with Crippen molar-refractivity contribution in [2.24, 2.45) is 5.73 Å². The van der Waals surface area contributed by atoms with Crippen molar-refractivity contribution in [3.05, 3.63) is 0 Å². The number of methoxy groups -OCH3 is 1. The lowest BCUT2D eigenvalue weighted by Crippen LogP contribution is -2.49. The van der Waals surface area contributed by atoms with Gasteiger partial charge in [-0.25, -0.2) is 0 Å². The Morgan fingerprint density at radius 3 is 2.21 bits per heavy atom. The summed E-state index contributed by atoms with van der Waals surface area (Å²) < 4.78 is 4.70. The second-order valence-corrected chi connectivity index (χ2v) is 3.41. The highest BCUT2D eigenvalue weighted by molar-refractivity contribution is 5.75. The minimum Gasteiger partial charge on any atom is -0.468 e. The van der Waals surface area contributed by atoms with Crippen LogP contribution in [0.2, 0.25) is 0 Å². The van der Waals surface area contributed by atoms with Crippen molar-refractivity contribution in [2.75, 3.05) is 20.7 Å². The number of ether oxygens (including phenoxy) is 1. The Labute approximate surface area is 86.4 Å². The molecule has 0 rings (SSSR count). The standard InChI is InChI=1S/C10H22N2O2/c1-5-8(6-2)12(3)9(7-11)10(13)14-4/h8-9H,5-7,11H2,1-4H3. The van der Waals surface area contributed by atoms with Gasteiger partial charge in [0.15, 0.2) is 0 Å². The Bertz CT molecular complexity index is 170. The van der Waals surface area contributed by atoms with Crippen LogP contribution in [0.3, 0.4) is 0 Å². The molecular formula is C10H22N2O2. The van der Waals surface area contributed by atoms with E-state index in [9.17, 15) is 4.79 Å². The van der Waals surface area contributed by atoms with Gasteiger partial charge >= 0.3 is 5.97 Å². The van der Waals surface area contributed by atoms with Gasteiger partial charge in [0.25, 0.3) is 0 Å². The Morgan fingerprint density at radius 1 is 1.43 bits per heavy atom. The van der Waals surface area contributed by atoms with Gasteiger partial charge in [-0.1, -0.05) is 13.8 Å². The third kappa shape index (κ3) is 3.27. The highest BCUT2D eigenvalue weighted by Gasteiger charge is 2.26. The van der Waals surface area contributed by atoms with Crippen molar-refractivity contribution in [3.8, 4) is 0 Å². The molecule has 0 aliphatic heterocycles. The monoisotopic (exact) mass is 202 g/mol. The maximum atomic E-state index is 11.4. The average Bonchev–Trinajstić information content (AvgIpc) is 2.20. The maximum Gasteiger partial charge on any atom is 0.324 e. The van der Waals surface area contributed by atoms with Gasteiger partial charge in [0.05, 0.1) is 7.11 Å². The summed E-state index contributed by atoms with van der Waals surface area (Å²) in [6.45, 7) is 4.52. The molecular weight excluding hydrogens is 180 g/mol. The molecule has 2 N–H and O–H groups in total. The molecule has 0 radical (unpaired) electrons. The third-order valence-electron chi connectivity index (χ3n) is 2.71. The molecule has 0 saturated carbocycles. The number of hydrogen-bond donors (Lipinski definition) is 1. The first kappa shape index (κ1) is 13.4. The van der Waals surface area contributed by atoms with Crippen LogP contribution in [0.1, 0.15) is 26.7 Å². The lowest BCUT2D eigenvalue weighted by atomic mass is 10.1. The zero-order chi connectivity index (χ0) is 11.1. The minimum atomic E-state index is -0.315. The zero-order valence-corrected chi connectivity index (χ0v) is 9.62. The molecule has 0 bridgehead atoms. The van der Waals surface area contributed by atoms with E-state index < -0.39 is 0 Å². The number of carbonyl (C=O) groups is 1. The van der Waals surface area contributed by atoms with Crippen molar-refractivity contribution in [1.82, 2.24) is 4.90 Å². The van der Waals surface area contributed by atoms with Crippen molar-refractivity contribution in [2.45, 2.75) is 38.8 Å². The van der Waals surface area contributed by atoms with E-state index in [-0.39, 0.29) is 12.0 Å². The van der Waals surface area contributed by atoms with Crippen LogP contribution in [-0.4, -0.2) is 43.7 Å². The average molecular weight is 202 g/mol. The van der Waals surface area contributed by atoms with Gasteiger partial charge in [-0.05, 0) is 19.9 Å². The molecule has 0 spiro atoms. The summed E-state index contributed by atoms with van der Waals surface area (Å²) in [5.41, 5.74) is 5.55. The van der Waals surface area contributed by atoms with Crippen LogP contribution in [-0.2, 0) is 9.53 Å². The second-order valence-electron chi connectivity index (χ2n) is 3.41. The fraction of sp³-hybridized carbons (Fsp3) is 0.900. The summed E-state index contributed by atoms with van der Waals surface area (Å²) in [6, 6.07) is 0.0764. The molecule has 4 heteroatoms. The van der Waals surface area contributed by atoms with Crippen LogP contribution >= 0.6 is 0 Å². The number of hydrogen-bond acceptors (Lipinski definition) is 4. The lowest BCUT2D eigenvalue weighted by molar-refractivity contribution is -0.147. The molecule has 84 valence electrons. The Balaban J connectivity index is 4.42. The van der Waals surface area contributed by atoms with Gasteiger partial charge in [0.2, 0.25) is 0 Å². The summed E-state index contributed by atoms with van der Waals surface area (Å²) in [4.78, 5) is 13.4. The van der Waals surface area contributed by atoms with E-state index in [2.05, 4.69) is 13.8 Å². The molecule has 1 atom stereocenters. The van der Waals surface area contributed by atoms with Gasteiger partial charge in [0, 0.05) is 12.6 Å². The number of esters is 1. The summed E-state index contributed by atoms with van der Waals surface area (Å²) in [5, 5.41) is 0. The van der Waals surface area contributed by atoms with E-state index in [1.165, 1.54) is 7.11 Å². The molecule has 0 aromatic rings. The zero-order valence-electron chi connectivity index (χ0n) is 9.62. The van der Waals surface area contributed by atoms with Crippen LogP contribution < -0.4 is 5.73 Å². The maximum absolute atomic E-state index is 11.4. The van der Waals surface area contributed by atoms with E-state index in [0.717, 1.165) is 12.8 Å². The second kappa shape index (κ2) is 6.79. The number of carbonyl (C=O) groups excluding carboxylic acids is 1. The predicted octanol–water partition coefficient (Wildman–Crippen LogP) is 0.607. The van der Waals surface area contributed by atoms with Gasteiger partial charge in [-0.15, -0.1) is 0 Å². The Morgan fingerprint density at radius 2 is 1.93 bits per heavy atom. The van der Waals surface area contributed by atoms with Crippen molar-refractivity contribution >= 4 is 5.97 Å². The molecule has 0 amide bonds. The summed E-state index contributed by atoms with van der Waals surface area (Å²) in [5.74, 6) is -0.248. The van der Waals surface area contributed by atoms with E-state index >= 15 is 0 Å². The van der Waals surface area contributed by atoms with E-state index in [4.69, 9.17) is 10.5 Å². The summed E-state index contributed by atoms with van der Waals surface area (Å²) in [6.07, 6.45) is 2.03. The van der Waals surface area contributed by atoms with E-state index in [1.807, 2.05) is 11.9 Å². The molecule has 0 saturated heterocycles. The fourth-order valence-corrected chi connectivity index (χ4v) is 1.68. The Kier molecular flexibility index (Phi) is 6.49. The largest absolute Gasteiger partial charge is 0.468 e. The van der Waals surface area contributed by atoms with Crippen molar-refractivity contribution in [1.29, 1.82) is 0 Å². The van der Waals surface area contributed by atoms with Gasteiger partial charge < -0.3 is 10.5 Å². The number of nitrogens with zero attached hydrogens (tertiary/aromatic N) is 1. The highest BCUT2D eigenvalue weighted by Crippen LogP contribution is 2.10. The summed E-state index contributed by atoms with van der Waals surface area (Å²) in [7, 11) is 3.32. The van der Waals surface area contributed by atoms with E-state index in [0.29, 0.717) is 12.6 Å². The molecule has 4 nitrogen and oxygen atoms in total. The molecule has 0 fully saturated rings. The van der Waals surface area contributed by atoms with Crippen LogP contribution in [0.25, 0.3) is 0 Å². The smallest absolute Gasteiger partial charge is 0.324 e. The number of likely N-dealkylation sites (N-methyl/N-ethyl adjacent to an activating group) is 1. The van der Waals surface area contributed by atoms with Gasteiger partial charge in [0.1, 0.15) is 6.04 Å². The van der Waals surface area contributed by atoms with Crippen LogP contribution in [0.15, 0.2) is 0 Å². The molecule has 0 aromatic carbocycles. The first-order chi connectivity index (χ1) is 6.62. The fourth-order valence-electron chi connectivity index (χ4n) is 1.68. The molecule has 0 aromatic heterocycles. The molecule has 14 heavy (non-hydrogen) atoms. The molecule has 0 aliphatic rings. The first-order valence-corrected chi connectivity index (χ1v) is 5.12. The van der Waals surface area contributed by atoms with Crippen LogP contribution in [0, 0.1) is 0 Å². The normalized spacial score (nSPS) is 13.4. The summed E-state index contributed by atoms with van der Waals surface area (Å²) >= 11 is 0. The van der Waals surface area contributed by atoms with Crippen molar-refractivity contribution in [3.63, 3.8) is 0 Å². The quantitative estimate of drug-likeness (QED) is 0.641. The lowest BCUT2D eigenvalue weighted by Gasteiger charge is -2.31. The third-order valence-corrected chi connectivity index (χ3v) is 2.71. The Hall–Kier alpha value is -0.610.